The molecule has 7 rings (SSSR count). The van der Waals surface area contributed by atoms with E-state index in [0.29, 0.717) is 18.2 Å². The Kier molecular flexibility index (Phi) is 5.00. The molecule has 0 unspecified atom stereocenters. The van der Waals surface area contributed by atoms with Gasteiger partial charge in [-0.25, -0.2) is 15.0 Å². The number of imidazole rings is 1. The number of anilines is 4. The lowest BCUT2D eigenvalue weighted by molar-refractivity contribution is 0.641. The molecule has 0 bridgehead atoms. The SMILES string of the molecule is Cc1c(-c2cc3cc(Nc4cc5n(n4)Cc4nccn4CC5)ncc3c(N)n2)cnc2c1NCC[C@@H]2C#N. The molecule has 7 heterocycles. The van der Waals surface area contributed by atoms with Gasteiger partial charge in [0.25, 0.3) is 0 Å². The Bertz CT molecular complexity index is 1760. The maximum atomic E-state index is 9.52. The Balaban J connectivity index is 1.22. The Morgan fingerprint density at radius 2 is 2.08 bits per heavy atom. The fourth-order valence-corrected chi connectivity index (χ4v) is 5.40. The quantitative estimate of drug-likeness (QED) is 0.335. The van der Waals surface area contributed by atoms with Crippen LogP contribution >= 0.6 is 0 Å². The lowest BCUT2D eigenvalue weighted by atomic mass is 9.93. The van der Waals surface area contributed by atoms with Crippen LogP contribution in [0.3, 0.4) is 0 Å². The number of nitrogens with two attached hydrogens (primary N) is 1. The van der Waals surface area contributed by atoms with Crippen LogP contribution < -0.4 is 16.4 Å². The molecule has 188 valence electrons. The van der Waals surface area contributed by atoms with Crippen LogP contribution in [0, 0.1) is 18.3 Å². The van der Waals surface area contributed by atoms with Crippen molar-refractivity contribution < 1.29 is 0 Å². The molecule has 0 radical (unpaired) electrons. The summed E-state index contributed by atoms with van der Waals surface area (Å²) in [5.41, 5.74) is 11.8. The van der Waals surface area contributed by atoms with E-state index in [0.717, 1.165) is 82.2 Å². The average Bonchev–Trinajstić information content (AvgIpc) is 3.49. The normalized spacial score (nSPS) is 16.1. The molecule has 0 fully saturated rings. The van der Waals surface area contributed by atoms with Crippen molar-refractivity contribution in [1.29, 1.82) is 5.26 Å². The molecule has 0 spiro atoms. The van der Waals surface area contributed by atoms with Gasteiger partial charge in [-0.2, -0.15) is 10.4 Å². The minimum absolute atomic E-state index is 0.201. The summed E-state index contributed by atoms with van der Waals surface area (Å²) < 4.78 is 4.16. The van der Waals surface area contributed by atoms with Gasteiger partial charge < -0.3 is 20.9 Å². The number of rotatable bonds is 3. The molecule has 0 saturated carbocycles. The van der Waals surface area contributed by atoms with Crippen molar-refractivity contribution in [2.45, 2.75) is 38.8 Å². The third kappa shape index (κ3) is 3.61. The minimum Gasteiger partial charge on any atom is -0.383 e. The highest BCUT2D eigenvalue weighted by atomic mass is 15.3. The number of pyridine rings is 3. The first-order valence-electron chi connectivity index (χ1n) is 12.6. The van der Waals surface area contributed by atoms with Crippen molar-refractivity contribution in [2.24, 2.45) is 0 Å². The summed E-state index contributed by atoms with van der Waals surface area (Å²) in [6, 6.07) is 8.39. The monoisotopic (exact) mass is 503 g/mol. The predicted octanol–water partition coefficient (Wildman–Crippen LogP) is 3.75. The maximum absolute atomic E-state index is 9.52. The molecular formula is C27H25N11. The number of aromatic nitrogens is 7. The Morgan fingerprint density at radius 3 is 2.97 bits per heavy atom. The summed E-state index contributed by atoms with van der Waals surface area (Å²) in [5, 5.41) is 22.7. The summed E-state index contributed by atoms with van der Waals surface area (Å²) in [6.07, 6.45) is 9.01. The fourth-order valence-electron chi connectivity index (χ4n) is 5.40. The van der Waals surface area contributed by atoms with E-state index < -0.39 is 0 Å². The lowest BCUT2D eigenvalue weighted by Crippen LogP contribution is -2.18. The topological polar surface area (TPSA) is 148 Å². The largest absolute Gasteiger partial charge is 0.383 e. The summed E-state index contributed by atoms with van der Waals surface area (Å²) in [7, 11) is 0. The summed E-state index contributed by atoms with van der Waals surface area (Å²) >= 11 is 0. The van der Waals surface area contributed by atoms with Crippen LogP contribution in [0.1, 0.15) is 35.1 Å². The smallest absolute Gasteiger partial charge is 0.153 e. The number of nitrogen functional groups attached to an aromatic ring is 1. The zero-order chi connectivity index (χ0) is 25.8. The molecule has 11 heteroatoms. The molecule has 1 atom stereocenters. The molecule has 0 aliphatic carbocycles. The van der Waals surface area contributed by atoms with E-state index in [1.54, 1.807) is 12.4 Å². The van der Waals surface area contributed by atoms with E-state index >= 15 is 0 Å². The first kappa shape index (κ1) is 22.2. The van der Waals surface area contributed by atoms with Gasteiger partial charge in [-0.3, -0.25) is 9.67 Å². The van der Waals surface area contributed by atoms with Gasteiger partial charge in [0.05, 0.1) is 35.6 Å². The molecular weight excluding hydrogens is 478 g/mol. The highest BCUT2D eigenvalue weighted by Crippen LogP contribution is 2.37. The number of hydrogen-bond donors (Lipinski definition) is 3. The minimum atomic E-state index is -0.201. The number of nitrogens with one attached hydrogen (secondary N) is 2. The molecule has 0 saturated heterocycles. The van der Waals surface area contributed by atoms with Crippen LogP contribution in [0.15, 0.2) is 43.0 Å². The van der Waals surface area contributed by atoms with Crippen LogP contribution in [0.2, 0.25) is 0 Å². The maximum Gasteiger partial charge on any atom is 0.153 e. The number of fused-ring (bicyclic) bond motifs is 4. The van der Waals surface area contributed by atoms with Crippen LogP contribution in [-0.4, -0.2) is 40.8 Å². The van der Waals surface area contributed by atoms with Gasteiger partial charge in [0.1, 0.15) is 17.5 Å². The van der Waals surface area contributed by atoms with Gasteiger partial charge >= 0.3 is 0 Å². The van der Waals surface area contributed by atoms with E-state index in [4.69, 9.17) is 10.8 Å². The van der Waals surface area contributed by atoms with Crippen LogP contribution in [0.5, 0.6) is 0 Å². The van der Waals surface area contributed by atoms with E-state index in [1.165, 1.54) is 0 Å². The molecule has 38 heavy (non-hydrogen) atoms. The van der Waals surface area contributed by atoms with Crippen molar-refractivity contribution in [1.82, 2.24) is 34.3 Å². The molecule has 0 aromatic carbocycles. The van der Waals surface area contributed by atoms with Gasteiger partial charge in [0.15, 0.2) is 5.82 Å². The third-order valence-corrected chi connectivity index (χ3v) is 7.43. The third-order valence-electron chi connectivity index (χ3n) is 7.43. The highest BCUT2D eigenvalue weighted by Gasteiger charge is 2.25. The highest BCUT2D eigenvalue weighted by molar-refractivity contribution is 5.95. The standard InChI is InChI=1S/C27H25N11/c1-15-19(12-33-26-16(11-28)2-4-31-25(15)26)21-8-17-9-22(32-13-20(17)27(29)34-21)35-23-10-18-3-6-37-7-5-30-24(37)14-38(18)36-23/h5,7-10,12-13,16,31H,2-4,6,14H2,1H3,(H2,29,34)(H,32,35,36)/t16-/m1/s1. The van der Waals surface area contributed by atoms with Crippen LogP contribution in [-0.2, 0) is 19.5 Å². The number of nitriles is 1. The first-order chi connectivity index (χ1) is 18.6. The van der Waals surface area contributed by atoms with Gasteiger partial charge in [-0.1, -0.05) is 0 Å². The molecule has 2 aliphatic heterocycles. The molecule has 2 aliphatic rings. The second-order valence-electron chi connectivity index (χ2n) is 9.73. The van der Waals surface area contributed by atoms with Crippen LogP contribution in [0.4, 0.5) is 23.1 Å². The van der Waals surface area contributed by atoms with Gasteiger partial charge in [0, 0.05) is 67.0 Å². The summed E-state index contributed by atoms with van der Waals surface area (Å²) in [6.45, 7) is 4.29. The Labute approximate surface area is 218 Å². The van der Waals surface area contributed by atoms with E-state index in [9.17, 15) is 5.26 Å². The molecule has 4 N–H and O–H groups in total. The van der Waals surface area contributed by atoms with Crippen LogP contribution in [0.25, 0.3) is 22.0 Å². The second kappa shape index (κ2) is 8.55. The van der Waals surface area contributed by atoms with E-state index in [1.807, 2.05) is 36.1 Å². The molecule has 5 aromatic heterocycles. The second-order valence-corrected chi connectivity index (χ2v) is 9.73. The lowest BCUT2D eigenvalue weighted by Gasteiger charge is -2.24. The van der Waals surface area contributed by atoms with Crippen molar-refractivity contribution in [3.8, 4) is 17.3 Å². The van der Waals surface area contributed by atoms with E-state index in [2.05, 4.69) is 47.3 Å². The van der Waals surface area contributed by atoms with Crippen molar-refractivity contribution in [2.75, 3.05) is 22.9 Å². The summed E-state index contributed by atoms with van der Waals surface area (Å²) in [5.74, 6) is 2.61. The van der Waals surface area contributed by atoms with Gasteiger partial charge in [0.2, 0.25) is 0 Å². The average molecular weight is 504 g/mol. The zero-order valence-electron chi connectivity index (χ0n) is 20.8. The van der Waals surface area contributed by atoms with Crippen molar-refractivity contribution in [3.05, 3.63) is 65.8 Å². The first-order valence-corrected chi connectivity index (χ1v) is 12.6. The van der Waals surface area contributed by atoms with Gasteiger partial charge in [-0.15, -0.1) is 0 Å². The molecule has 0 amide bonds. The predicted molar refractivity (Wildman–Crippen MR) is 144 cm³/mol. The Morgan fingerprint density at radius 1 is 1.16 bits per heavy atom. The number of nitrogens with zero attached hydrogens (tertiary/aromatic N) is 8. The Hall–Kier alpha value is -4.98. The molecule has 5 aromatic rings. The molecule has 11 nitrogen and oxygen atoms in total. The van der Waals surface area contributed by atoms with Crippen molar-refractivity contribution in [3.63, 3.8) is 0 Å². The fraction of sp³-hybridized carbons (Fsp3) is 0.259. The number of hydrogen-bond acceptors (Lipinski definition) is 9. The van der Waals surface area contributed by atoms with Crippen molar-refractivity contribution >= 4 is 33.9 Å². The van der Waals surface area contributed by atoms with E-state index in [-0.39, 0.29) is 5.92 Å². The summed E-state index contributed by atoms with van der Waals surface area (Å²) in [4.78, 5) is 18.3. The zero-order valence-corrected chi connectivity index (χ0v) is 20.8. The number of aryl methyl sites for hydroxylation is 2. The van der Waals surface area contributed by atoms with Gasteiger partial charge in [-0.05, 0) is 36.4 Å².